The van der Waals surface area contributed by atoms with E-state index in [1.807, 2.05) is 30.3 Å². The topological polar surface area (TPSA) is 64.6 Å². The van der Waals surface area contributed by atoms with Crippen LogP contribution in [0.3, 0.4) is 0 Å². The third kappa shape index (κ3) is 4.65. The molecule has 0 bridgehead atoms. The summed E-state index contributed by atoms with van der Waals surface area (Å²) < 4.78 is 10.1. The second-order valence-corrected chi connectivity index (χ2v) is 4.28. The molecule has 21 heavy (non-hydrogen) atoms. The highest BCUT2D eigenvalue weighted by atomic mass is 16.6. The van der Waals surface area contributed by atoms with Gasteiger partial charge in [-0.2, -0.15) is 0 Å². The summed E-state index contributed by atoms with van der Waals surface area (Å²) in [6, 6.07) is 16.0. The van der Waals surface area contributed by atoms with Gasteiger partial charge in [-0.05, 0) is 17.7 Å². The lowest BCUT2D eigenvalue weighted by molar-refractivity contribution is -0.131. The van der Waals surface area contributed by atoms with Crippen molar-refractivity contribution < 1.29 is 19.1 Å². The molecule has 0 unspecified atom stereocenters. The molecule has 0 radical (unpaired) electrons. The molecule has 1 amide bonds. The maximum absolute atomic E-state index is 11.7. The van der Waals surface area contributed by atoms with Gasteiger partial charge in [0.1, 0.15) is 6.61 Å². The summed E-state index contributed by atoms with van der Waals surface area (Å²) in [5, 5.41) is 2.55. The van der Waals surface area contributed by atoms with Gasteiger partial charge in [0.25, 0.3) is 0 Å². The lowest BCUT2D eigenvalue weighted by Crippen LogP contribution is -2.15. The Morgan fingerprint density at radius 2 is 1.67 bits per heavy atom. The number of carbonyl (C=O) groups is 2. The van der Waals surface area contributed by atoms with Gasteiger partial charge in [-0.25, -0.2) is 4.79 Å². The Labute approximate surface area is 122 Å². The molecule has 2 rings (SSSR count). The predicted octanol–water partition coefficient (Wildman–Crippen LogP) is 3.36. The molecule has 0 aliphatic heterocycles. The van der Waals surface area contributed by atoms with Gasteiger partial charge in [-0.3, -0.25) is 10.1 Å². The minimum absolute atomic E-state index is 0.169. The number of benzene rings is 2. The average molecular weight is 285 g/mol. The molecule has 108 valence electrons. The Morgan fingerprint density at radius 3 is 2.38 bits per heavy atom. The number of hydrogen-bond acceptors (Lipinski definition) is 4. The number of esters is 1. The molecule has 1 N–H and O–H groups in total. The Bertz CT molecular complexity index is 625. The molecule has 0 fully saturated rings. The smallest absolute Gasteiger partial charge is 0.412 e. The van der Waals surface area contributed by atoms with Crippen molar-refractivity contribution in [2.24, 2.45) is 0 Å². The molecule has 0 atom stereocenters. The molecule has 2 aromatic rings. The van der Waals surface area contributed by atoms with Gasteiger partial charge in [0.15, 0.2) is 5.75 Å². The fraction of sp³-hybridized carbons (Fsp3) is 0.125. The fourth-order valence-electron chi connectivity index (χ4n) is 1.68. The number of rotatable bonds is 4. The molecule has 5 nitrogen and oxygen atoms in total. The van der Waals surface area contributed by atoms with Gasteiger partial charge in [-0.15, -0.1) is 0 Å². The van der Waals surface area contributed by atoms with Crippen molar-refractivity contribution in [3.63, 3.8) is 0 Å². The molecule has 5 heteroatoms. The maximum Gasteiger partial charge on any atom is 0.412 e. The van der Waals surface area contributed by atoms with Crippen LogP contribution < -0.4 is 10.1 Å². The first-order valence-electron chi connectivity index (χ1n) is 6.40. The molecule has 0 saturated carbocycles. The molecule has 0 heterocycles. The van der Waals surface area contributed by atoms with Crippen LogP contribution in [0.2, 0.25) is 0 Å². The second kappa shape index (κ2) is 7.09. The first-order valence-corrected chi connectivity index (χ1v) is 6.40. The molecule has 0 aromatic heterocycles. The number of hydrogen-bond donors (Lipinski definition) is 1. The highest BCUT2D eigenvalue weighted by Crippen LogP contribution is 2.24. The van der Waals surface area contributed by atoms with Crippen LogP contribution in [-0.2, 0) is 16.1 Å². The van der Waals surface area contributed by atoms with Crippen LogP contribution in [0.5, 0.6) is 5.75 Å². The number of anilines is 1. The Morgan fingerprint density at radius 1 is 1.00 bits per heavy atom. The summed E-state index contributed by atoms with van der Waals surface area (Å²) in [4.78, 5) is 22.7. The lowest BCUT2D eigenvalue weighted by Gasteiger charge is -2.10. The van der Waals surface area contributed by atoms with E-state index in [4.69, 9.17) is 9.47 Å². The SMILES string of the molecule is CC(=O)Oc1ccccc1NC(=O)OCc1ccccc1. The quantitative estimate of drug-likeness (QED) is 0.691. The van der Waals surface area contributed by atoms with Gasteiger partial charge in [-0.1, -0.05) is 42.5 Å². The van der Waals surface area contributed by atoms with E-state index in [1.54, 1.807) is 24.3 Å². The Balaban J connectivity index is 1.95. The van der Waals surface area contributed by atoms with Crippen molar-refractivity contribution in [3.8, 4) is 5.75 Å². The summed E-state index contributed by atoms with van der Waals surface area (Å²) in [5.74, 6) is -0.177. The second-order valence-electron chi connectivity index (χ2n) is 4.28. The first-order chi connectivity index (χ1) is 10.1. The lowest BCUT2D eigenvalue weighted by atomic mass is 10.2. The number of nitrogens with one attached hydrogen (secondary N) is 1. The van der Waals surface area contributed by atoms with Gasteiger partial charge in [0.2, 0.25) is 0 Å². The Kier molecular flexibility index (Phi) is 4.93. The number of amides is 1. The van der Waals surface area contributed by atoms with Crippen LogP contribution in [0.25, 0.3) is 0 Å². The van der Waals surface area contributed by atoms with Crippen molar-refractivity contribution >= 4 is 17.7 Å². The summed E-state index contributed by atoms with van der Waals surface area (Å²) in [5.41, 5.74) is 1.27. The largest absolute Gasteiger partial charge is 0.444 e. The fourth-order valence-corrected chi connectivity index (χ4v) is 1.68. The monoisotopic (exact) mass is 285 g/mol. The van der Waals surface area contributed by atoms with E-state index in [0.29, 0.717) is 5.69 Å². The molecule has 0 saturated heterocycles. The standard InChI is InChI=1S/C16H15NO4/c1-12(18)21-15-10-6-5-9-14(15)17-16(19)20-11-13-7-3-2-4-8-13/h2-10H,11H2,1H3,(H,17,19). The van der Waals surface area contributed by atoms with Crippen LogP contribution in [0.1, 0.15) is 12.5 Å². The van der Waals surface area contributed by atoms with Gasteiger partial charge in [0, 0.05) is 6.92 Å². The zero-order chi connectivity index (χ0) is 15.1. The number of para-hydroxylation sites is 2. The molecule has 0 aliphatic rings. The van der Waals surface area contributed by atoms with E-state index in [9.17, 15) is 9.59 Å². The van der Waals surface area contributed by atoms with Crippen molar-refractivity contribution in [3.05, 3.63) is 60.2 Å². The van der Waals surface area contributed by atoms with Crippen LogP contribution in [-0.4, -0.2) is 12.1 Å². The normalized spacial score (nSPS) is 9.76. The zero-order valence-corrected chi connectivity index (χ0v) is 11.5. The number of ether oxygens (including phenoxy) is 2. The molecular weight excluding hydrogens is 270 g/mol. The highest BCUT2D eigenvalue weighted by Gasteiger charge is 2.09. The van der Waals surface area contributed by atoms with Crippen LogP contribution in [0, 0.1) is 0 Å². The first kappa shape index (κ1) is 14.6. The zero-order valence-electron chi connectivity index (χ0n) is 11.5. The van der Waals surface area contributed by atoms with E-state index < -0.39 is 12.1 Å². The summed E-state index contributed by atoms with van der Waals surface area (Å²) in [7, 11) is 0. The van der Waals surface area contributed by atoms with Crippen molar-refractivity contribution in [1.82, 2.24) is 0 Å². The van der Waals surface area contributed by atoms with Crippen molar-refractivity contribution in [1.29, 1.82) is 0 Å². The van der Waals surface area contributed by atoms with Gasteiger partial charge >= 0.3 is 12.1 Å². The van der Waals surface area contributed by atoms with Crippen molar-refractivity contribution in [2.45, 2.75) is 13.5 Å². The minimum atomic E-state index is -0.613. The minimum Gasteiger partial charge on any atom is -0.444 e. The maximum atomic E-state index is 11.7. The average Bonchev–Trinajstić information content (AvgIpc) is 2.48. The third-order valence-electron chi connectivity index (χ3n) is 2.59. The van der Waals surface area contributed by atoms with Crippen LogP contribution >= 0.6 is 0 Å². The Hall–Kier alpha value is -2.82. The van der Waals surface area contributed by atoms with Crippen molar-refractivity contribution in [2.75, 3.05) is 5.32 Å². The van der Waals surface area contributed by atoms with E-state index in [-0.39, 0.29) is 12.4 Å². The van der Waals surface area contributed by atoms with E-state index in [1.165, 1.54) is 6.92 Å². The summed E-state index contributed by atoms with van der Waals surface area (Å²) in [6.45, 7) is 1.47. The van der Waals surface area contributed by atoms with Crippen LogP contribution in [0.4, 0.5) is 10.5 Å². The van der Waals surface area contributed by atoms with E-state index in [2.05, 4.69) is 5.32 Å². The van der Waals surface area contributed by atoms with Gasteiger partial charge in [0.05, 0.1) is 5.69 Å². The summed E-state index contributed by atoms with van der Waals surface area (Å²) in [6.07, 6.45) is -0.613. The van der Waals surface area contributed by atoms with Crippen LogP contribution in [0.15, 0.2) is 54.6 Å². The highest BCUT2D eigenvalue weighted by molar-refractivity contribution is 5.87. The molecular formula is C16H15NO4. The molecule has 0 aliphatic carbocycles. The predicted molar refractivity (Wildman–Crippen MR) is 78.0 cm³/mol. The number of carbonyl (C=O) groups excluding carboxylic acids is 2. The third-order valence-corrected chi connectivity index (χ3v) is 2.59. The molecule has 2 aromatic carbocycles. The van der Waals surface area contributed by atoms with E-state index >= 15 is 0 Å². The molecule has 0 spiro atoms. The van der Waals surface area contributed by atoms with Gasteiger partial charge < -0.3 is 9.47 Å². The summed E-state index contributed by atoms with van der Waals surface area (Å²) >= 11 is 0. The van der Waals surface area contributed by atoms with E-state index in [0.717, 1.165) is 5.56 Å².